The molecule has 0 atom stereocenters. The maximum absolute atomic E-state index is 12.0. The molecule has 5 nitrogen and oxygen atoms in total. The standard InChI is InChI=1S/C15H26N2O3/c18-12-15(8-2-3-9-15)16-13(19)6-5-11-17-10-4-1-7-14(17)20/h18H,1-12H2,(H,16,19). The summed E-state index contributed by atoms with van der Waals surface area (Å²) in [6.07, 6.45) is 7.76. The molecule has 0 aromatic heterocycles. The molecule has 0 aromatic carbocycles. The molecule has 1 saturated heterocycles. The molecule has 0 bridgehead atoms. The molecule has 1 aliphatic heterocycles. The van der Waals surface area contributed by atoms with Crippen molar-refractivity contribution >= 4 is 11.8 Å². The molecule has 2 N–H and O–H groups in total. The van der Waals surface area contributed by atoms with Gasteiger partial charge in [-0.2, -0.15) is 0 Å². The Hall–Kier alpha value is -1.10. The summed E-state index contributed by atoms with van der Waals surface area (Å²) in [7, 11) is 0. The minimum atomic E-state index is -0.377. The zero-order valence-corrected chi connectivity index (χ0v) is 12.2. The molecule has 2 rings (SSSR count). The van der Waals surface area contributed by atoms with Gasteiger partial charge in [-0.05, 0) is 32.1 Å². The number of amides is 2. The van der Waals surface area contributed by atoms with E-state index in [1.165, 1.54) is 0 Å². The maximum atomic E-state index is 12.0. The van der Waals surface area contributed by atoms with E-state index in [2.05, 4.69) is 5.32 Å². The molecule has 114 valence electrons. The van der Waals surface area contributed by atoms with Gasteiger partial charge in [-0.1, -0.05) is 12.8 Å². The Labute approximate surface area is 120 Å². The van der Waals surface area contributed by atoms with Crippen LogP contribution in [0, 0.1) is 0 Å². The Balaban J connectivity index is 1.68. The first-order chi connectivity index (χ1) is 9.65. The number of piperidine rings is 1. The summed E-state index contributed by atoms with van der Waals surface area (Å²) >= 11 is 0. The third-order valence-corrected chi connectivity index (χ3v) is 4.52. The van der Waals surface area contributed by atoms with Gasteiger partial charge in [0.05, 0.1) is 12.1 Å². The lowest BCUT2D eigenvalue weighted by atomic mass is 9.98. The van der Waals surface area contributed by atoms with Gasteiger partial charge >= 0.3 is 0 Å². The van der Waals surface area contributed by atoms with Gasteiger partial charge in [0.15, 0.2) is 0 Å². The van der Waals surface area contributed by atoms with E-state index in [0.29, 0.717) is 25.8 Å². The summed E-state index contributed by atoms with van der Waals surface area (Å²) in [5, 5.41) is 12.5. The fourth-order valence-corrected chi connectivity index (χ4v) is 3.26. The molecular weight excluding hydrogens is 256 g/mol. The van der Waals surface area contributed by atoms with Crippen LogP contribution in [0.25, 0.3) is 0 Å². The van der Waals surface area contributed by atoms with Crippen LogP contribution in [0.3, 0.4) is 0 Å². The third kappa shape index (κ3) is 3.95. The highest BCUT2D eigenvalue weighted by Gasteiger charge is 2.34. The van der Waals surface area contributed by atoms with Crippen LogP contribution in [0.1, 0.15) is 57.8 Å². The van der Waals surface area contributed by atoms with Crippen LogP contribution in [-0.4, -0.2) is 47.1 Å². The highest BCUT2D eigenvalue weighted by molar-refractivity contribution is 5.78. The highest BCUT2D eigenvalue weighted by Crippen LogP contribution is 2.29. The minimum Gasteiger partial charge on any atom is -0.394 e. The number of likely N-dealkylation sites (tertiary alicyclic amines) is 1. The summed E-state index contributed by atoms with van der Waals surface area (Å²) < 4.78 is 0. The lowest BCUT2D eigenvalue weighted by Crippen LogP contribution is -2.49. The van der Waals surface area contributed by atoms with Crippen molar-refractivity contribution in [1.29, 1.82) is 0 Å². The second kappa shape index (κ2) is 7.07. The van der Waals surface area contributed by atoms with E-state index in [1.54, 1.807) is 0 Å². The second-order valence-electron chi connectivity index (χ2n) is 6.14. The van der Waals surface area contributed by atoms with E-state index in [0.717, 1.165) is 45.1 Å². The van der Waals surface area contributed by atoms with Crippen molar-refractivity contribution in [1.82, 2.24) is 10.2 Å². The van der Waals surface area contributed by atoms with Crippen LogP contribution < -0.4 is 5.32 Å². The number of nitrogens with zero attached hydrogens (tertiary/aromatic N) is 1. The average Bonchev–Trinajstić information content (AvgIpc) is 2.90. The van der Waals surface area contributed by atoms with E-state index < -0.39 is 0 Å². The first-order valence-corrected chi connectivity index (χ1v) is 7.85. The van der Waals surface area contributed by atoms with Crippen molar-refractivity contribution in [3.8, 4) is 0 Å². The predicted octanol–water partition coefficient (Wildman–Crippen LogP) is 1.20. The number of hydrogen-bond acceptors (Lipinski definition) is 3. The van der Waals surface area contributed by atoms with Crippen LogP contribution in [0.4, 0.5) is 0 Å². The molecule has 1 heterocycles. The number of rotatable bonds is 6. The SMILES string of the molecule is O=C(CCCN1CCCCC1=O)NC1(CO)CCCC1. The lowest BCUT2D eigenvalue weighted by Gasteiger charge is -2.29. The molecule has 0 unspecified atom stereocenters. The number of hydrogen-bond donors (Lipinski definition) is 2. The molecule has 1 aliphatic carbocycles. The number of carbonyl (C=O) groups excluding carboxylic acids is 2. The fourth-order valence-electron chi connectivity index (χ4n) is 3.26. The minimum absolute atomic E-state index is 0.00501. The predicted molar refractivity (Wildman–Crippen MR) is 76.1 cm³/mol. The summed E-state index contributed by atoms with van der Waals surface area (Å²) in [5.74, 6) is 0.227. The van der Waals surface area contributed by atoms with Gasteiger partial charge in [-0.25, -0.2) is 0 Å². The summed E-state index contributed by atoms with van der Waals surface area (Å²) in [6, 6.07) is 0. The number of aliphatic hydroxyl groups excluding tert-OH is 1. The highest BCUT2D eigenvalue weighted by atomic mass is 16.3. The van der Waals surface area contributed by atoms with E-state index >= 15 is 0 Å². The van der Waals surface area contributed by atoms with Crippen LogP contribution in [0.5, 0.6) is 0 Å². The van der Waals surface area contributed by atoms with E-state index in [4.69, 9.17) is 0 Å². The van der Waals surface area contributed by atoms with Gasteiger partial charge in [0.1, 0.15) is 0 Å². The van der Waals surface area contributed by atoms with Crippen LogP contribution in [0.2, 0.25) is 0 Å². The lowest BCUT2D eigenvalue weighted by molar-refractivity contribution is -0.133. The van der Waals surface area contributed by atoms with Crippen molar-refractivity contribution < 1.29 is 14.7 Å². The van der Waals surface area contributed by atoms with Gasteiger partial charge < -0.3 is 15.3 Å². The van der Waals surface area contributed by atoms with Gasteiger partial charge in [0.25, 0.3) is 0 Å². The number of carbonyl (C=O) groups is 2. The molecule has 20 heavy (non-hydrogen) atoms. The van der Waals surface area contributed by atoms with Gasteiger partial charge in [-0.15, -0.1) is 0 Å². The Morgan fingerprint density at radius 2 is 2.00 bits per heavy atom. The van der Waals surface area contributed by atoms with E-state index in [1.807, 2.05) is 4.90 Å². The van der Waals surface area contributed by atoms with Crippen LogP contribution in [0.15, 0.2) is 0 Å². The second-order valence-corrected chi connectivity index (χ2v) is 6.14. The van der Waals surface area contributed by atoms with Crippen LogP contribution >= 0.6 is 0 Å². The molecule has 2 amide bonds. The van der Waals surface area contributed by atoms with Gasteiger partial charge in [0.2, 0.25) is 11.8 Å². The Kier molecular flexibility index (Phi) is 5.40. The molecular formula is C15H26N2O3. The molecule has 1 saturated carbocycles. The van der Waals surface area contributed by atoms with Gasteiger partial charge in [0, 0.05) is 25.9 Å². The molecule has 0 spiro atoms. The van der Waals surface area contributed by atoms with Gasteiger partial charge in [-0.3, -0.25) is 9.59 Å². The summed E-state index contributed by atoms with van der Waals surface area (Å²) in [5.41, 5.74) is -0.377. The van der Waals surface area contributed by atoms with E-state index in [-0.39, 0.29) is 24.0 Å². The number of nitrogens with one attached hydrogen (secondary N) is 1. The third-order valence-electron chi connectivity index (χ3n) is 4.52. The van der Waals surface area contributed by atoms with Crippen molar-refractivity contribution in [2.75, 3.05) is 19.7 Å². The fraction of sp³-hybridized carbons (Fsp3) is 0.867. The molecule has 5 heteroatoms. The monoisotopic (exact) mass is 282 g/mol. The Morgan fingerprint density at radius 1 is 1.25 bits per heavy atom. The summed E-state index contributed by atoms with van der Waals surface area (Å²) in [4.78, 5) is 25.5. The van der Waals surface area contributed by atoms with Crippen molar-refractivity contribution in [2.45, 2.75) is 63.3 Å². The molecule has 2 fully saturated rings. The van der Waals surface area contributed by atoms with Crippen molar-refractivity contribution in [2.24, 2.45) is 0 Å². The van der Waals surface area contributed by atoms with Crippen LogP contribution in [-0.2, 0) is 9.59 Å². The zero-order chi connectivity index (χ0) is 14.4. The first-order valence-electron chi connectivity index (χ1n) is 7.85. The largest absolute Gasteiger partial charge is 0.394 e. The first kappa shape index (κ1) is 15.3. The van der Waals surface area contributed by atoms with Crippen molar-refractivity contribution in [3.05, 3.63) is 0 Å². The maximum Gasteiger partial charge on any atom is 0.222 e. The number of aliphatic hydroxyl groups is 1. The van der Waals surface area contributed by atoms with E-state index in [9.17, 15) is 14.7 Å². The molecule has 0 aromatic rings. The smallest absolute Gasteiger partial charge is 0.222 e. The molecule has 2 aliphatic rings. The topological polar surface area (TPSA) is 69.6 Å². The quantitative estimate of drug-likeness (QED) is 0.769. The van der Waals surface area contributed by atoms with Crippen molar-refractivity contribution in [3.63, 3.8) is 0 Å². The zero-order valence-electron chi connectivity index (χ0n) is 12.2. The molecule has 0 radical (unpaired) electrons. The Bertz CT molecular complexity index is 351. The Morgan fingerprint density at radius 3 is 2.65 bits per heavy atom. The normalized spacial score (nSPS) is 22.1. The summed E-state index contributed by atoms with van der Waals surface area (Å²) in [6.45, 7) is 1.54. The average molecular weight is 282 g/mol.